The predicted molar refractivity (Wildman–Crippen MR) is 96.2 cm³/mol. The molecule has 5 aromatic rings. The van der Waals surface area contributed by atoms with E-state index in [2.05, 4.69) is 42.5 Å². The van der Waals surface area contributed by atoms with Crippen LogP contribution in [0.5, 0.6) is 0 Å². The van der Waals surface area contributed by atoms with Gasteiger partial charge in [-0.2, -0.15) is 0 Å². The molecule has 0 bridgehead atoms. The van der Waals surface area contributed by atoms with Gasteiger partial charge in [0.1, 0.15) is 0 Å². The lowest BCUT2D eigenvalue weighted by atomic mass is 9.90. The lowest BCUT2D eigenvalue weighted by molar-refractivity contribution is 0.615. The van der Waals surface area contributed by atoms with E-state index in [4.69, 9.17) is 0 Å². The molecule has 0 aliphatic heterocycles. The summed E-state index contributed by atoms with van der Waals surface area (Å²) in [6.45, 7) is 0. The van der Waals surface area contributed by atoms with Crippen molar-refractivity contribution in [3.8, 4) is 0 Å². The fourth-order valence-corrected chi connectivity index (χ4v) is 4.37. The van der Waals surface area contributed by atoms with Gasteiger partial charge in [0.05, 0.1) is 4.90 Å². The lowest BCUT2D eigenvalue weighted by Gasteiger charge is -2.14. The number of rotatable bonds is 1. The van der Waals surface area contributed by atoms with Gasteiger partial charge in [-0.25, -0.2) is 8.42 Å². The highest BCUT2D eigenvalue weighted by atomic mass is 32.2. The van der Waals surface area contributed by atoms with E-state index in [0.29, 0.717) is 4.90 Å². The highest BCUT2D eigenvalue weighted by Gasteiger charge is 2.14. The van der Waals surface area contributed by atoms with Crippen molar-refractivity contribution in [1.29, 1.82) is 0 Å². The van der Waals surface area contributed by atoms with Crippen molar-refractivity contribution in [3.63, 3.8) is 0 Å². The van der Waals surface area contributed by atoms with Crippen LogP contribution >= 0.6 is 0 Å². The van der Waals surface area contributed by atoms with Gasteiger partial charge in [-0.3, -0.25) is 0 Å². The minimum Gasteiger partial charge on any atom is -0.227 e. The molecule has 0 heterocycles. The standard InChI is InChI=1S/C20H12O2S/c21-23(22)18-11-10-16-14-7-2-5-12-4-1-6-13(19(12)14)15-8-3-9-17(18)20(15)16/h1-11,23H. The van der Waals surface area contributed by atoms with Gasteiger partial charge >= 0.3 is 0 Å². The maximum Gasteiger partial charge on any atom is 0.168 e. The number of fused-ring (bicyclic) bond motifs is 2. The Morgan fingerprint density at radius 1 is 0.522 bits per heavy atom. The molecule has 0 aliphatic rings. The van der Waals surface area contributed by atoms with Crippen molar-refractivity contribution in [2.45, 2.75) is 4.90 Å². The minimum atomic E-state index is -2.61. The summed E-state index contributed by atoms with van der Waals surface area (Å²) in [7, 11) is -2.61. The summed E-state index contributed by atoms with van der Waals surface area (Å²) < 4.78 is 23.2. The molecule has 3 heteroatoms. The first-order chi connectivity index (χ1) is 11.3. The Balaban J connectivity index is 2.23. The zero-order valence-electron chi connectivity index (χ0n) is 12.1. The van der Waals surface area contributed by atoms with Gasteiger partial charge in [0.25, 0.3) is 0 Å². The third kappa shape index (κ3) is 1.60. The summed E-state index contributed by atoms with van der Waals surface area (Å²) in [5, 5.41) is 8.87. The van der Waals surface area contributed by atoms with Crippen LogP contribution in [0.25, 0.3) is 43.1 Å². The quantitative estimate of drug-likeness (QED) is 0.276. The van der Waals surface area contributed by atoms with Crippen molar-refractivity contribution < 1.29 is 8.42 Å². The van der Waals surface area contributed by atoms with Crippen LogP contribution in [0.2, 0.25) is 0 Å². The van der Waals surface area contributed by atoms with Gasteiger partial charge in [-0.15, -0.1) is 0 Å². The van der Waals surface area contributed by atoms with Gasteiger partial charge in [0.15, 0.2) is 10.7 Å². The maximum atomic E-state index is 11.6. The summed E-state index contributed by atoms with van der Waals surface area (Å²) >= 11 is 0. The highest BCUT2D eigenvalue weighted by molar-refractivity contribution is 7.72. The maximum absolute atomic E-state index is 11.6. The SMILES string of the molecule is O=[SH](=O)c1ccc2c3cccc4cccc(c5cccc1c52)c43. The van der Waals surface area contributed by atoms with E-state index in [1.807, 2.05) is 18.2 Å². The van der Waals surface area contributed by atoms with Gasteiger partial charge < -0.3 is 0 Å². The van der Waals surface area contributed by atoms with Crippen LogP contribution in [-0.2, 0) is 10.7 Å². The van der Waals surface area contributed by atoms with Gasteiger partial charge in [0, 0.05) is 5.39 Å². The van der Waals surface area contributed by atoms with E-state index >= 15 is 0 Å². The molecule has 0 fully saturated rings. The third-order valence-corrected chi connectivity index (χ3v) is 5.48. The van der Waals surface area contributed by atoms with E-state index in [-0.39, 0.29) is 0 Å². The highest BCUT2D eigenvalue weighted by Crippen LogP contribution is 2.40. The molecular formula is C20H12O2S. The Kier molecular flexibility index (Phi) is 2.48. The predicted octanol–water partition coefficient (Wildman–Crippen LogP) is 4.71. The molecule has 110 valence electrons. The normalized spacial score (nSPS) is 12.2. The minimum absolute atomic E-state index is 0.396. The van der Waals surface area contributed by atoms with E-state index in [1.165, 1.54) is 21.5 Å². The van der Waals surface area contributed by atoms with Crippen LogP contribution in [0.15, 0.2) is 71.6 Å². The number of hydrogen-bond acceptors (Lipinski definition) is 2. The Morgan fingerprint density at radius 3 is 1.70 bits per heavy atom. The largest absolute Gasteiger partial charge is 0.227 e. The first kappa shape index (κ1) is 12.9. The zero-order chi connectivity index (χ0) is 15.6. The first-order valence-electron chi connectivity index (χ1n) is 7.48. The van der Waals surface area contributed by atoms with Crippen molar-refractivity contribution in [3.05, 3.63) is 66.7 Å². The zero-order valence-corrected chi connectivity index (χ0v) is 13.0. The average Bonchev–Trinajstić information content (AvgIpc) is 2.58. The molecule has 0 atom stereocenters. The third-order valence-electron chi connectivity index (χ3n) is 4.70. The molecule has 0 saturated carbocycles. The Morgan fingerprint density at radius 2 is 1.04 bits per heavy atom. The van der Waals surface area contributed by atoms with Gasteiger partial charge in [-0.1, -0.05) is 60.7 Å². The molecule has 2 nitrogen and oxygen atoms in total. The molecule has 0 aromatic heterocycles. The summed E-state index contributed by atoms with van der Waals surface area (Å²) in [4.78, 5) is 0.396. The van der Waals surface area contributed by atoms with Crippen LogP contribution in [0.3, 0.4) is 0 Å². The summed E-state index contributed by atoms with van der Waals surface area (Å²) in [5.74, 6) is 0. The fourth-order valence-electron chi connectivity index (χ4n) is 3.79. The summed E-state index contributed by atoms with van der Waals surface area (Å²) in [6.07, 6.45) is 0. The van der Waals surface area contributed by atoms with E-state index in [9.17, 15) is 8.42 Å². The lowest BCUT2D eigenvalue weighted by Crippen LogP contribution is -1.89. The van der Waals surface area contributed by atoms with Crippen LogP contribution in [0.4, 0.5) is 0 Å². The molecule has 0 saturated heterocycles. The second kappa shape index (κ2) is 4.43. The first-order valence-corrected chi connectivity index (χ1v) is 8.66. The van der Waals surface area contributed by atoms with E-state index in [0.717, 1.165) is 21.5 Å². The topological polar surface area (TPSA) is 34.1 Å². The second-order valence-corrected chi connectivity index (χ2v) is 6.82. The van der Waals surface area contributed by atoms with Crippen LogP contribution in [0, 0.1) is 0 Å². The Labute approximate surface area is 134 Å². The molecule has 0 amide bonds. The van der Waals surface area contributed by atoms with E-state index < -0.39 is 10.7 Å². The second-order valence-electron chi connectivity index (χ2n) is 5.83. The molecule has 0 radical (unpaired) electrons. The van der Waals surface area contributed by atoms with Crippen LogP contribution in [-0.4, -0.2) is 8.42 Å². The molecular weight excluding hydrogens is 304 g/mol. The van der Waals surface area contributed by atoms with Crippen LogP contribution < -0.4 is 0 Å². The Bertz CT molecular complexity index is 1240. The van der Waals surface area contributed by atoms with Crippen molar-refractivity contribution in [1.82, 2.24) is 0 Å². The van der Waals surface area contributed by atoms with E-state index in [1.54, 1.807) is 6.07 Å². The fraction of sp³-hybridized carbons (Fsp3) is 0. The van der Waals surface area contributed by atoms with Crippen LogP contribution in [0.1, 0.15) is 0 Å². The molecule has 5 rings (SSSR count). The molecule has 23 heavy (non-hydrogen) atoms. The monoisotopic (exact) mass is 316 g/mol. The van der Waals surface area contributed by atoms with Gasteiger partial charge in [0.2, 0.25) is 0 Å². The molecule has 5 aromatic carbocycles. The number of thiol groups is 1. The van der Waals surface area contributed by atoms with Crippen molar-refractivity contribution >= 4 is 53.8 Å². The van der Waals surface area contributed by atoms with Crippen molar-refractivity contribution in [2.75, 3.05) is 0 Å². The Hall–Kier alpha value is -2.65. The molecule has 0 N–H and O–H groups in total. The average molecular weight is 316 g/mol. The molecule has 0 unspecified atom stereocenters. The number of hydrogen-bond donors (Lipinski definition) is 1. The molecule has 0 aliphatic carbocycles. The summed E-state index contributed by atoms with van der Waals surface area (Å²) in [6, 6.07) is 22.2. The van der Waals surface area contributed by atoms with Gasteiger partial charge in [-0.05, 0) is 43.8 Å². The molecule has 0 spiro atoms. The summed E-state index contributed by atoms with van der Waals surface area (Å²) in [5.41, 5.74) is 0. The number of benzene rings is 5. The van der Waals surface area contributed by atoms with Crippen molar-refractivity contribution in [2.24, 2.45) is 0 Å². The smallest absolute Gasteiger partial charge is 0.168 e.